The number of anilines is 1. The molecule has 1 aromatic carbocycles. The van der Waals surface area contributed by atoms with E-state index in [4.69, 9.17) is 5.73 Å². The molecular formula is C18H21N5O. The van der Waals surface area contributed by atoms with Crippen molar-refractivity contribution in [2.45, 2.75) is 37.8 Å². The lowest BCUT2D eigenvalue weighted by atomic mass is 9.91. The number of hydrogen-bond donors (Lipinski definition) is 4. The summed E-state index contributed by atoms with van der Waals surface area (Å²) in [4.78, 5) is 12.0. The number of nitrogens with zero attached hydrogens (tertiary/aromatic N) is 2. The van der Waals surface area contributed by atoms with Crippen molar-refractivity contribution in [2.24, 2.45) is 5.73 Å². The number of nitrogens with two attached hydrogens (primary N) is 1. The number of benzene rings is 1. The maximum atomic E-state index is 10.1. The number of fused-ring (bicyclic) bond motifs is 1. The molecule has 0 saturated heterocycles. The average Bonchev–Trinajstić information content (AvgIpc) is 2.98. The summed E-state index contributed by atoms with van der Waals surface area (Å²) in [6.07, 6.45) is 6.10. The van der Waals surface area contributed by atoms with Crippen LogP contribution in [0.3, 0.4) is 0 Å². The Hall–Kier alpha value is -2.60. The Labute approximate surface area is 140 Å². The number of hydrogen-bond acceptors (Lipinski definition) is 5. The van der Waals surface area contributed by atoms with Gasteiger partial charge in [0.1, 0.15) is 0 Å². The molecule has 0 bridgehead atoms. The standard InChI is InChI=1S/C18H21N5O/c19-12-8-4-5-9-13(12)21-18-22-14-10-20-17(24)15(14)16(23-18)11-6-2-1-3-7-11/h1-3,6-7,10,12-13,20,24H,4-5,8-9,19H2,(H,21,22). The molecule has 6 heteroatoms. The number of aromatic nitrogens is 3. The van der Waals surface area contributed by atoms with Crippen molar-refractivity contribution in [2.75, 3.05) is 5.32 Å². The van der Waals surface area contributed by atoms with Gasteiger partial charge in [-0.2, -0.15) is 0 Å². The highest BCUT2D eigenvalue weighted by molar-refractivity contribution is 5.97. The first kappa shape index (κ1) is 15.0. The van der Waals surface area contributed by atoms with Crippen LogP contribution >= 0.6 is 0 Å². The highest BCUT2D eigenvalue weighted by Gasteiger charge is 2.23. The van der Waals surface area contributed by atoms with Crippen molar-refractivity contribution in [1.82, 2.24) is 15.0 Å². The molecule has 1 fully saturated rings. The quantitative estimate of drug-likeness (QED) is 0.594. The van der Waals surface area contributed by atoms with E-state index in [9.17, 15) is 5.11 Å². The number of rotatable bonds is 3. The van der Waals surface area contributed by atoms with E-state index in [1.165, 1.54) is 12.8 Å². The van der Waals surface area contributed by atoms with Gasteiger partial charge in [0.25, 0.3) is 0 Å². The number of aromatic hydroxyl groups is 1. The molecule has 6 nitrogen and oxygen atoms in total. The Bertz CT molecular complexity index is 845. The highest BCUT2D eigenvalue weighted by atomic mass is 16.3. The maximum Gasteiger partial charge on any atom is 0.224 e. The molecule has 2 aromatic heterocycles. The van der Waals surface area contributed by atoms with Crippen LogP contribution in [0.2, 0.25) is 0 Å². The van der Waals surface area contributed by atoms with Crippen molar-refractivity contribution < 1.29 is 5.11 Å². The molecule has 1 aliphatic carbocycles. The topological polar surface area (TPSA) is 99.9 Å². The van der Waals surface area contributed by atoms with E-state index >= 15 is 0 Å². The Morgan fingerprint density at radius 3 is 2.71 bits per heavy atom. The molecule has 0 amide bonds. The number of H-pyrrole nitrogens is 1. The predicted octanol–water partition coefficient (Wildman–Crippen LogP) is 3.01. The largest absolute Gasteiger partial charge is 0.494 e. The SMILES string of the molecule is NC1CCCCC1Nc1nc(-c2ccccc2)c2c(O)[nH]cc2n1. The van der Waals surface area contributed by atoms with Crippen LogP contribution in [0.15, 0.2) is 36.5 Å². The van der Waals surface area contributed by atoms with Gasteiger partial charge < -0.3 is 21.1 Å². The molecule has 24 heavy (non-hydrogen) atoms. The van der Waals surface area contributed by atoms with Crippen LogP contribution in [-0.2, 0) is 0 Å². The summed E-state index contributed by atoms with van der Waals surface area (Å²) >= 11 is 0. The maximum absolute atomic E-state index is 10.1. The highest BCUT2D eigenvalue weighted by Crippen LogP contribution is 2.33. The van der Waals surface area contributed by atoms with E-state index < -0.39 is 0 Å². The summed E-state index contributed by atoms with van der Waals surface area (Å²) in [6, 6.07) is 10.1. The van der Waals surface area contributed by atoms with Gasteiger partial charge in [-0.05, 0) is 12.8 Å². The second-order valence-corrected chi connectivity index (χ2v) is 6.36. The molecule has 0 spiro atoms. The molecule has 0 aliphatic heterocycles. The fraction of sp³-hybridized carbons (Fsp3) is 0.333. The molecule has 3 aromatic rings. The summed E-state index contributed by atoms with van der Waals surface area (Å²) in [6.45, 7) is 0. The van der Waals surface area contributed by atoms with Crippen molar-refractivity contribution >= 4 is 16.9 Å². The van der Waals surface area contributed by atoms with E-state index in [0.717, 1.165) is 18.4 Å². The first-order chi connectivity index (χ1) is 11.7. The fourth-order valence-corrected chi connectivity index (χ4v) is 3.40. The summed E-state index contributed by atoms with van der Waals surface area (Å²) in [5.74, 6) is 0.646. The van der Waals surface area contributed by atoms with Gasteiger partial charge >= 0.3 is 0 Å². The second-order valence-electron chi connectivity index (χ2n) is 6.36. The summed E-state index contributed by atoms with van der Waals surface area (Å²) in [7, 11) is 0. The summed E-state index contributed by atoms with van der Waals surface area (Å²) in [5.41, 5.74) is 8.57. The average molecular weight is 323 g/mol. The van der Waals surface area contributed by atoms with Crippen LogP contribution in [-0.4, -0.2) is 32.1 Å². The van der Waals surface area contributed by atoms with Gasteiger partial charge in [-0.25, -0.2) is 9.97 Å². The Balaban J connectivity index is 1.77. The van der Waals surface area contributed by atoms with E-state index in [0.29, 0.717) is 22.5 Å². The zero-order valence-corrected chi connectivity index (χ0v) is 13.4. The molecule has 2 unspecified atom stereocenters. The van der Waals surface area contributed by atoms with Crippen LogP contribution in [0.4, 0.5) is 5.95 Å². The lowest BCUT2D eigenvalue weighted by Gasteiger charge is -2.29. The van der Waals surface area contributed by atoms with Gasteiger partial charge in [0.05, 0.1) is 16.6 Å². The molecule has 1 aliphatic rings. The molecule has 0 radical (unpaired) electrons. The van der Waals surface area contributed by atoms with E-state index in [1.54, 1.807) is 6.20 Å². The summed E-state index contributed by atoms with van der Waals surface area (Å²) < 4.78 is 0. The van der Waals surface area contributed by atoms with Crippen LogP contribution in [0.25, 0.3) is 22.2 Å². The fourth-order valence-electron chi connectivity index (χ4n) is 3.40. The van der Waals surface area contributed by atoms with Gasteiger partial charge in [-0.15, -0.1) is 0 Å². The smallest absolute Gasteiger partial charge is 0.224 e. The molecule has 124 valence electrons. The second kappa shape index (κ2) is 6.13. The third kappa shape index (κ3) is 2.69. The molecule has 1 saturated carbocycles. The van der Waals surface area contributed by atoms with Crippen molar-refractivity contribution in [1.29, 1.82) is 0 Å². The molecule has 2 heterocycles. The molecular weight excluding hydrogens is 302 g/mol. The lowest BCUT2D eigenvalue weighted by Crippen LogP contribution is -2.42. The van der Waals surface area contributed by atoms with Crippen LogP contribution in [0, 0.1) is 0 Å². The Morgan fingerprint density at radius 1 is 1.12 bits per heavy atom. The van der Waals surface area contributed by atoms with Gasteiger partial charge in [0.15, 0.2) is 5.88 Å². The first-order valence-electron chi connectivity index (χ1n) is 8.38. The predicted molar refractivity (Wildman–Crippen MR) is 94.8 cm³/mol. The van der Waals surface area contributed by atoms with E-state index in [2.05, 4.69) is 20.3 Å². The minimum atomic E-state index is 0.0878. The summed E-state index contributed by atoms with van der Waals surface area (Å²) in [5, 5.41) is 14.2. The van der Waals surface area contributed by atoms with Gasteiger partial charge in [-0.3, -0.25) is 0 Å². The van der Waals surface area contributed by atoms with Crippen LogP contribution in [0.5, 0.6) is 5.88 Å². The Morgan fingerprint density at radius 2 is 1.92 bits per heavy atom. The van der Waals surface area contributed by atoms with Crippen LogP contribution < -0.4 is 11.1 Å². The molecule has 4 rings (SSSR count). The lowest BCUT2D eigenvalue weighted by molar-refractivity contribution is 0.402. The molecule has 5 N–H and O–H groups in total. The molecule has 2 atom stereocenters. The van der Waals surface area contributed by atoms with E-state index in [-0.39, 0.29) is 18.0 Å². The minimum absolute atomic E-state index is 0.0878. The van der Waals surface area contributed by atoms with Crippen molar-refractivity contribution in [3.05, 3.63) is 36.5 Å². The van der Waals surface area contributed by atoms with Crippen molar-refractivity contribution in [3.8, 4) is 17.1 Å². The monoisotopic (exact) mass is 323 g/mol. The third-order valence-corrected chi connectivity index (χ3v) is 4.70. The normalized spacial score (nSPS) is 21.0. The van der Waals surface area contributed by atoms with Gasteiger partial charge in [-0.1, -0.05) is 43.2 Å². The Kier molecular flexibility index (Phi) is 3.82. The first-order valence-corrected chi connectivity index (χ1v) is 8.38. The zero-order valence-electron chi connectivity index (χ0n) is 13.4. The number of aromatic amines is 1. The minimum Gasteiger partial charge on any atom is -0.494 e. The van der Waals surface area contributed by atoms with E-state index in [1.807, 2.05) is 30.3 Å². The zero-order chi connectivity index (χ0) is 16.5. The van der Waals surface area contributed by atoms with Crippen molar-refractivity contribution in [3.63, 3.8) is 0 Å². The third-order valence-electron chi connectivity index (χ3n) is 4.70. The van der Waals surface area contributed by atoms with Crippen LogP contribution in [0.1, 0.15) is 25.7 Å². The van der Waals surface area contributed by atoms with Gasteiger partial charge in [0.2, 0.25) is 5.95 Å². The van der Waals surface area contributed by atoms with Gasteiger partial charge in [0, 0.05) is 23.8 Å². The number of nitrogens with one attached hydrogen (secondary N) is 2.